The molecule has 238 valence electrons. The van der Waals surface area contributed by atoms with Crippen molar-refractivity contribution < 1.29 is 0 Å². The fourth-order valence-electron chi connectivity index (χ4n) is 7.76. The van der Waals surface area contributed by atoms with Gasteiger partial charge in [-0.15, -0.1) is 0 Å². The Hall–Kier alpha value is -6.61. The summed E-state index contributed by atoms with van der Waals surface area (Å²) < 4.78 is 4.47. The second-order valence-corrected chi connectivity index (χ2v) is 13.0. The Kier molecular flexibility index (Phi) is 7.64. The minimum absolute atomic E-state index is 0.0786. The first kappa shape index (κ1) is 30.7. The lowest BCUT2D eigenvalue weighted by molar-refractivity contribution is 0.726. The summed E-state index contributed by atoms with van der Waals surface area (Å²) in [6, 6.07) is 44.1. The lowest BCUT2D eigenvalue weighted by Crippen LogP contribution is -2.04. The van der Waals surface area contributed by atoms with Crippen LogP contribution >= 0.6 is 0 Å². The van der Waals surface area contributed by atoms with Crippen molar-refractivity contribution in [3.63, 3.8) is 0 Å². The molecule has 2 heterocycles. The number of allylic oxidation sites excluding steroid dienone is 1. The Balaban J connectivity index is 1.23. The lowest BCUT2D eigenvalue weighted by Gasteiger charge is -2.18. The summed E-state index contributed by atoms with van der Waals surface area (Å²) >= 11 is 0. The fraction of sp³-hybridized carbons (Fsp3) is 0.133. The summed E-state index contributed by atoms with van der Waals surface area (Å²) in [5.74, 6) is -0.0786. The quantitative estimate of drug-likeness (QED) is 0.181. The van der Waals surface area contributed by atoms with Gasteiger partial charge in [0, 0.05) is 39.2 Å². The van der Waals surface area contributed by atoms with Gasteiger partial charge in [0.25, 0.3) is 0 Å². The van der Waals surface area contributed by atoms with E-state index in [4.69, 9.17) is 0 Å². The molecular weight excluding hydrogens is 611 g/mol. The van der Waals surface area contributed by atoms with E-state index in [9.17, 15) is 15.8 Å². The Morgan fingerprint density at radius 2 is 1.32 bits per heavy atom. The molecule has 1 aliphatic rings. The molecular formula is C45H33N5. The number of nitrogens with zero attached hydrogens (tertiary/aromatic N) is 5. The van der Waals surface area contributed by atoms with Crippen LogP contribution < -0.4 is 0 Å². The number of para-hydroxylation sites is 3. The molecule has 7 aromatic rings. The molecule has 8 rings (SSSR count). The molecule has 50 heavy (non-hydrogen) atoms. The first-order valence-corrected chi connectivity index (χ1v) is 17.0. The minimum Gasteiger partial charge on any atom is -0.313 e. The van der Waals surface area contributed by atoms with Crippen molar-refractivity contribution in [2.75, 3.05) is 0 Å². The van der Waals surface area contributed by atoms with E-state index in [0.29, 0.717) is 17.5 Å². The van der Waals surface area contributed by atoms with Gasteiger partial charge in [-0.3, -0.25) is 0 Å². The van der Waals surface area contributed by atoms with E-state index >= 15 is 0 Å². The van der Waals surface area contributed by atoms with Gasteiger partial charge >= 0.3 is 0 Å². The third-order valence-corrected chi connectivity index (χ3v) is 10.1. The van der Waals surface area contributed by atoms with Crippen molar-refractivity contribution >= 4 is 27.9 Å². The van der Waals surface area contributed by atoms with Gasteiger partial charge in [0.05, 0.1) is 45.7 Å². The molecule has 0 bridgehead atoms. The van der Waals surface area contributed by atoms with Crippen LogP contribution in [0.25, 0.3) is 61.5 Å². The summed E-state index contributed by atoms with van der Waals surface area (Å²) in [5.41, 5.74) is 13.5. The van der Waals surface area contributed by atoms with E-state index < -0.39 is 0 Å². The number of aromatic nitrogens is 2. The molecule has 0 saturated heterocycles. The maximum atomic E-state index is 10.5. The molecule has 0 amide bonds. The minimum atomic E-state index is -0.0786. The van der Waals surface area contributed by atoms with Crippen molar-refractivity contribution in [2.45, 2.75) is 33.1 Å². The van der Waals surface area contributed by atoms with E-state index in [1.54, 1.807) is 0 Å². The van der Waals surface area contributed by atoms with Crippen molar-refractivity contribution in [2.24, 2.45) is 5.92 Å². The smallest absolute Gasteiger partial charge is 0.101 e. The Bertz CT molecular complexity index is 2590. The zero-order chi connectivity index (χ0) is 34.4. The lowest BCUT2D eigenvalue weighted by atomic mass is 9.93. The molecule has 0 spiro atoms. The third kappa shape index (κ3) is 4.90. The Morgan fingerprint density at radius 3 is 2.02 bits per heavy atom. The van der Waals surface area contributed by atoms with Crippen LogP contribution in [0.2, 0.25) is 0 Å². The molecule has 0 aliphatic heterocycles. The van der Waals surface area contributed by atoms with Gasteiger partial charge in [-0.2, -0.15) is 15.8 Å². The monoisotopic (exact) mass is 643 g/mol. The molecule has 0 N–H and O–H groups in total. The summed E-state index contributed by atoms with van der Waals surface area (Å²) in [6.07, 6.45) is 7.07. The second kappa shape index (κ2) is 12.4. The zero-order valence-electron chi connectivity index (χ0n) is 28.0. The summed E-state index contributed by atoms with van der Waals surface area (Å²) in [6.45, 7) is 4.13. The van der Waals surface area contributed by atoms with Crippen LogP contribution in [0.1, 0.15) is 47.0 Å². The number of nitriles is 3. The SMILES string of the molecule is Cc1c(CC(C)C#N)c2c(n1-c1ccccc1-c1ccc(-c3ccc(-n4c5ccccc5c5ccccc54)c(C#N)c3)cc1C#N)C=CCC2. The highest BCUT2D eigenvalue weighted by atomic mass is 15.0. The van der Waals surface area contributed by atoms with Crippen molar-refractivity contribution in [3.8, 4) is 51.8 Å². The molecule has 0 radical (unpaired) electrons. The average Bonchev–Trinajstić information content (AvgIpc) is 3.65. The van der Waals surface area contributed by atoms with Crippen LogP contribution in [0.15, 0.2) is 115 Å². The molecule has 0 saturated carbocycles. The van der Waals surface area contributed by atoms with Crippen LogP contribution in [0.4, 0.5) is 0 Å². The maximum absolute atomic E-state index is 10.5. The van der Waals surface area contributed by atoms with Crippen LogP contribution in [0.5, 0.6) is 0 Å². The predicted octanol–water partition coefficient (Wildman–Crippen LogP) is 10.6. The molecule has 2 aromatic heterocycles. The van der Waals surface area contributed by atoms with Crippen LogP contribution in [0.3, 0.4) is 0 Å². The van der Waals surface area contributed by atoms with E-state index in [-0.39, 0.29) is 5.92 Å². The molecule has 0 fully saturated rings. The normalized spacial score (nSPS) is 12.7. The molecule has 1 unspecified atom stereocenters. The van der Waals surface area contributed by atoms with Gasteiger partial charge in [-0.25, -0.2) is 0 Å². The largest absolute Gasteiger partial charge is 0.313 e. The van der Waals surface area contributed by atoms with E-state index in [1.807, 2.05) is 79.7 Å². The number of fused-ring (bicyclic) bond motifs is 4. The Labute approximate surface area is 291 Å². The van der Waals surface area contributed by atoms with Gasteiger partial charge in [0.2, 0.25) is 0 Å². The fourth-order valence-corrected chi connectivity index (χ4v) is 7.76. The van der Waals surface area contributed by atoms with Gasteiger partial charge in [-0.05, 0) is 97.8 Å². The summed E-state index contributed by atoms with van der Waals surface area (Å²) in [4.78, 5) is 0. The molecule has 1 aliphatic carbocycles. The maximum Gasteiger partial charge on any atom is 0.101 e. The van der Waals surface area contributed by atoms with Crippen molar-refractivity contribution in [1.82, 2.24) is 9.13 Å². The number of hydrogen-bond donors (Lipinski definition) is 0. The second-order valence-electron chi connectivity index (χ2n) is 13.0. The highest BCUT2D eigenvalue weighted by molar-refractivity contribution is 6.09. The number of benzene rings is 5. The predicted molar refractivity (Wildman–Crippen MR) is 201 cm³/mol. The van der Waals surface area contributed by atoms with Gasteiger partial charge in [-0.1, -0.05) is 78.9 Å². The van der Waals surface area contributed by atoms with Gasteiger partial charge < -0.3 is 9.13 Å². The van der Waals surface area contributed by atoms with Crippen molar-refractivity contribution in [3.05, 3.63) is 149 Å². The average molecular weight is 644 g/mol. The zero-order valence-corrected chi connectivity index (χ0v) is 28.0. The molecule has 5 heteroatoms. The number of hydrogen-bond acceptors (Lipinski definition) is 3. The number of rotatable bonds is 6. The highest BCUT2D eigenvalue weighted by Gasteiger charge is 2.24. The summed E-state index contributed by atoms with van der Waals surface area (Å²) in [5, 5.41) is 32.8. The van der Waals surface area contributed by atoms with Gasteiger partial charge in [0.1, 0.15) is 6.07 Å². The molecule has 1 atom stereocenters. The van der Waals surface area contributed by atoms with E-state index in [1.165, 1.54) is 11.1 Å². The van der Waals surface area contributed by atoms with Crippen LogP contribution in [-0.4, -0.2) is 9.13 Å². The van der Waals surface area contributed by atoms with Crippen LogP contribution in [-0.2, 0) is 12.8 Å². The van der Waals surface area contributed by atoms with E-state index in [0.717, 1.165) is 79.7 Å². The van der Waals surface area contributed by atoms with Crippen LogP contribution in [0, 0.1) is 46.8 Å². The standard InChI is InChI=1S/C45H33N5/c1-29(26-46)23-40-30(2)49(43-16-8-6-14-39(40)43)42-15-7-3-11-36(42)35-21-19-31(24-33(35)27-47)32-20-22-41(34(25-32)28-48)50-44-17-9-4-12-37(44)38-13-5-10-18-45(38)50/h3-5,7-13,15-22,24-25,29H,6,14,23H2,1-2H3. The highest BCUT2D eigenvalue weighted by Crippen LogP contribution is 2.39. The summed E-state index contributed by atoms with van der Waals surface area (Å²) in [7, 11) is 0. The topological polar surface area (TPSA) is 81.2 Å². The van der Waals surface area contributed by atoms with Gasteiger partial charge in [0.15, 0.2) is 0 Å². The Morgan fingerprint density at radius 1 is 0.680 bits per heavy atom. The first-order valence-electron chi connectivity index (χ1n) is 17.0. The third-order valence-electron chi connectivity index (χ3n) is 10.1. The molecule has 5 aromatic carbocycles. The first-order chi connectivity index (χ1) is 24.5. The molecule has 5 nitrogen and oxygen atoms in total. The van der Waals surface area contributed by atoms with E-state index in [2.05, 4.69) is 82.8 Å². The van der Waals surface area contributed by atoms with Crippen molar-refractivity contribution in [1.29, 1.82) is 15.8 Å².